The Balaban J connectivity index is 1.91. The van der Waals surface area contributed by atoms with E-state index in [1.165, 1.54) is 11.3 Å². The summed E-state index contributed by atoms with van der Waals surface area (Å²) in [5, 5.41) is 3.99. The molecule has 0 aliphatic heterocycles. The second-order valence-corrected chi connectivity index (χ2v) is 6.37. The van der Waals surface area contributed by atoms with Crippen LogP contribution in [0, 0.1) is 13.8 Å². The summed E-state index contributed by atoms with van der Waals surface area (Å²) in [6.45, 7) is 3.95. The number of nitrogens with one attached hydrogen (secondary N) is 1. The second-order valence-electron chi connectivity index (χ2n) is 4.94. The largest absolute Gasteiger partial charge is 0.298 e. The van der Waals surface area contributed by atoms with Gasteiger partial charge in [-0.3, -0.25) is 10.1 Å². The van der Waals surface area contributed by atoms with Gasteiger partial charge in [-0.2, -0.15) is 0 Å². The summed E-state index contributed by atoms with van der Waals surface area (Å²) in [6.07, 6.45) is 0. The molecule has 0 atom stereocenters. The lowest BCUT2D eigenvalue weighted by Crippen LogP contribution is -2.12. The number of aryl methyl sites for hydroxylation is 2. The first-order valence-corrected chi connectivity index (χ1v) is 7.67. The number of para-hydroxylation sites is 1. The molecule has 0 saturated carbocycles. The highest BCUT2D eigenvalue weighted by Crippen LogP contribution is 2.30. The van der Waals surface area contributed by atoms with Crippen molar-refractivity contribution in [1.29, 1.82) is 0 Å². The Morgan fingerprint density at radius 2 is 1.90 bits per heavy atom. The zero-order chi connectivity index (χ0) is 15.0. The van der Waals surface area contributed by atoms with Crippen molar-refractivity contribution in [3.8, 4) is 0 Å². The molecule has 0 bridgehead atoms. The zero-order valence-electron chi connectivity index (χ0n) is 11.6. The first-order valence-electron chi connectivity index (χ1n) is 6.47. The molecule has 0 unspecified atom stereocenters. The van der Waals surface area contributed by atoms with Crippen LogP contribution in [0.3, 0.4) is 0 Å². The summed E-state index contributed by atoms with van der Waals surface area (Å²) in [5.74, 6) is -0.156. The van der Waals surface area contributed by atoms with Crippen LogP contribution in [0.2, 0.25) is 5.02 Å². The Morgan fingerprint density at radius 1 is 1.19 bits per heavy atom. The van der Waals surface area contributed by atoms with E-state index in [0.717, 1.165) is 21.3 Å². The molecule has 0 aliphatic rings. The molecule has 0 fully saturated rings. The van der Waals surface area contributed by atoms with Gasteiger partial charge in [-0.25, -0.2) is 4.98 Å². The number of carbonyl (C=O) groups excluding carboxylic acids is 1. The molecule has 3 aromatic rings. The molecule has 0 aliphatic carbocycles. The number of benzene rings is 2. The average Bonchev–Trinajstić information content (AvgIpc) is 2.81. The number of amides is 1. The fourth-order valence-corrected chi connectivity index (χ4v) is 3.40. The SMILES string of the molecule is Cc1cc(C)cc(C(=O)Nc2nc3c(Cl)cccc3s2)c1. The van der Waals surface area contributed by atoms with Crippen LogP contribution in [-0.2, 0) is 0 Å². The minimum atomic E-state index is -0.156. The van der Waals surface area contributed by atoms with Crippen molar-refractivity contribution < 1.29 is 4.79 Å². The fraction of sp³-hybridized carbons (Fsp3) is 0.125. The van der Waals surface area contributed by atoms with Gasteiger partial charge in [0, 0.05) is 5.56 Å². The van der Waals surface area contributed by atoms with Gasteiger partial charge in [0.2, 0.25) is 0 Å². The molecule has 0 saturated heterocycles. The Bertz CT molecular complexity index is 821. The van der Waals surface area contributed by atoms with Gasteiger partial charge >= 0.3 is 0 Å². The molecule has 106 valence electrons. The van der Waals surface area contributed by atoms with E-state index in [0.29, 0.717) is 15.7 Å². The van der Waals surface area contributed by atoms with E-state index >= 15 is 0 Å². The summed E-state index contributed by atoms with van der Waals surface area (Å²) in [6, 6.07) is 11.4. The number of fused-ring (bicyclic) bond motifs is 1. The Labute approximate surface area is 131 Å². The molecule has 2 aromatic carbocycles. The van der Waals surface area contributed by atoms with E-state index < -0.39 is 0 Å². The summed E-state index contributed by atoms with van der Waals surface area (Å²) in [4.78, 5) is 16.7. The normalized spacial score (nSPS) is 10.8. The number of aromatic nitrogens is 1. The molecule has 3 nitrogen and oxygen atoms in total. The molecular weight excluding hydrogens is 304 g/mol. The number of halogens is 1. The van der Waals surface area contributed by atoms with Crippen LogP contribution in [-0.4, -0.2) is 10.9 Å². The average molecular weight is 317 g/mol. The maximum Gasteiger partial charge on any atom is 0.257 e. The summed E-state index contributed by atoms with van der Waals surface area (Å²) in [5.41, 5.74) is 3.48. The van der Waals surface area contributed by atoms with Crippen LogP contribution in [0.25, 0.3) is 10.2 Å². The topological polar surface area (TPSA) is 42.0 Å². The fourth-order valence-electron chi connectivity index (χ4n) is 2.24. The predicted molar refractivity (Wildman–Crippen MR) is 88.5 cm³/mol. The first kappa shape index (κ1) is 14.0. The molecule has 0 spiro atoms. The molecule has 5 heteroatoms. The molecule has 21 heavy (non-hydrogen) atoms. The van der Waals surface area contributed by atoms with Crippen LogP contribution in [0.4, 0.5) is 5.13 Å². The third-order valence-electron chi connectivity index (χ3n) is 3.07. The van der Waals surface area contributed by atoms with E-state index in [-0.39, 0.29) is 5.91 Å². The van der Waals surface area contributed by atoms with Gasteiger partial charge in [-0.1, -0.05) is 46.2 Å². The van der Waals surface area contributed by atoms with Gasteiger partial charge < -0.3 is 0 Å². The monoisotopic (exact) mass is 316 g/mol. The number of carbonyl (C=O) groups is 1. The zero-order valence-corrected chi connectivity index (χ0v) is 13.2. The number of thiazole rings is 1. The van der Waals surface area contributed by atoms with Gasteiger partial charge in [-0.05, 0) is 38.1 Å². The number of nitrogens with zero attached hydrogens (tertiary/aromatic N) is 1. The lowest BCUT2D eigenvalue weighted by atomic mass is 10.1. The molecule has 3 rings (SSSR count). The summed E-state index contributed by atoms with van der Waals surface area (Å²) >= 11 is 7.51. The molecular formula is C16H13ClN2OS. The molecule has 1 aromatic heterocycles. The van der Waals surface area contributed by atoms with Gasteiger partial charge in [0.15, 0.2) is 5.13 Å². The van der Waals surface area contributed by atoms with Crippen molar-refractivity contribution in [3.63, 3.8) is 0 Å². The second kappa shape index (κ2) is 5.47. The van der Waals surface area contributed by atoms with Gasteiger partial charge in [0.25, 0.3) is 5.91 Å². The lowest BCUT2D eigenvalue weighted by molar-refractivity contribution is 0.102. The number of anilines is 1. The molecule has 0 radical (unpaired) electrons. The quantitative estimate of drug-likeness (QED) is 0.736. The van der Waals surface area contributed by atoms with Crippen LogP contribution in [0.1, 0.15) is 21.5 Å². The lowest BCUT2D eigenvalue weighted by Gasteiger charge is -2.04. The smallest absolute Gasteiger partial charge is 0.257 e. The van der Waals surface area contributed by atoms with Gasteiger partial charge in [-0.15, -0.1) is 0 Å². The Kier molecular flexibility index (Phi) is 3.66. The Hall–Kier alpha value is -1.91. The summed E-state index contributed by atoms with van der Waals surface area (Å²) in [7, 11) is 0. The van der Waals surface area contributed by atoms with E-state index in [2.05, 4.69) is 10.3 Å². The highest BCUT2D eigenvalue weighted by atomic mass is 35.5. The summed E-state index contributed by atoms with van der Waals surface area (Å²) < 4.78 is 0.957. The third kappa shape index (κ3) is 2.91. The van der Waals surface area contributed by atoms with Crippen molar-refractivity contribution >= 4 is 44.2 Å². The minimum absolute atomic E-state index is 0.156. The maximum atomic E-state index is 12.3. The van der Waals surface area contributed by atoms with Crippen molar-refractivity contribution in [2.45, 2.75) is 13.8 Å². The van der Waals surface area contributed by atoms with Gasteiger partial charge in [0.05, 0.1) is 9.72 Å². The number of hydrogen-bond acceptors (Lipinski definition) is 3. The molecule has 1 heterocycles. The standard InChI is InChI=1S/C16H13ClN2OS/c1-9-6-10(2)8-11(7-9)15(20)19-16-18-14-12(17)4-3-5-13(14)21-16/h3-8H,1-2H3,(H,18,19,20). The van der Waals surface area contributed by atoms with E-state index in [1.807, 2.05) is 44.2 Å². The van der Waals surface area contributed by atoms with Crippen LogP contribution in [0.15, 0.2) is 36.4 Å². The number of hydrogen-bond donors (Lipinski definition) is 1. The van der Waals surface area contributed by atoms with Crippen molar-refractivity contribution in [3.05, 3.63) is 58.1 Å². The first-order chi connectivity index (χ1) is 10.0. The highest BCUT2D eigenvalue weighted by Gasteiger charge is 2.12. The van der Waals surface area contributed by atoms with Gasteiger partial charge in [0.1, 0.15) is 5.52 Å². The van der Waals surface area contributed by atoms with Crippen LogP contribution < -0.4 is 5.32 Å². The third-order valence-corrected chi connectivity index (χ3v) is 4.32. The minimum Gasteiger partial charge on any atom is -0.298 e. The van der Waals surface area contributed by atoms with E-state index in [1.54, 1.807) is 6.07 Å². The van der Waals surface area contributed by atoms with E-state index in [4.69, 9.17) is 11.6 Å². The van der Waals surface area contributed by atoms with Crippen LogP contribution >= 0.6 is 22.9 Å². The highest BCUT2D eigenvalue weighted by molar-refractivity contribution is 7.22. The van der Waals surface area contributed by atoms with E-state index in [9.17, 15) is 4.79 Å². The van der Waals surface area contributed by atoms with Crippen molar-refractivity contribution in [2.24, 2.45) is 0 Å². The number of rotatable bonds is 2. The van der Waals surface area contributed by atoms with Crippen molar-refractivity contribution in [2.75, 3.05) is 5.32 Å². The predicted octanol–water partition coefficient (Wildman–Crippen LogP) is 4.82. The Morgan fingerprint density at radius 3 is 2.57 bits per heavy atom. The maximum absolute atomic E-state index is 12.3. The van der Waals surface area contributed by atoms with Crippen molar-refractivity contribution in [1.82, 2.24) is 4.98 Å². The molecule has 1 amide bonds. The molecule has 1 N–H and O–H groups in total. The van der Waals surface area contributed by atoms with Crippen LogP contribution in [0.5, 0.6) is 0 Å².